The molecule has 0 saturated carbocycles. The Hall–Kier alpha value is -2.93. The van der Waals surface area contributed by atoms with Crippen molar-refractivity contribution in [2.24, 2.45) is 0 Å². The van der Waals surface area contributed by atoms with Crippen molar-refractivity contribution in [1.29, 1.82) is 0 Å². The van der Waals surface area contributed by atoms with Gasteiger partial charge < -0.3 is 15.0 Å². The van der Waals surface area contributed by atoms with Crippen molar-refractivity contribution in [2.45, 2.75) is 19.4 Å². The SMILES string of the molecule is CC[C@@H](NC(=O)c1ccccc1N1CCOCC1)c1cn2cccnc2n1. The van der Waals surface area contributed by atoms with Crippen LogP contribution in [-0.2, 0) is 4.74 Å². The van der Waals surface area contributed by atoms with Gasteiger partial charge in [0.15, 0.2) is 0 Å². The highest BCUT2D eigenvalue weighted by Gasteiger charge is 2.22. The van der Waals surface area contributed by atoms with Gasteiger partial charge in [-0.15, -0.1) is 0 Å². The number of hydrogen-bond donors (Lipinski definition) is 1. The zero-order valence-electron chi connectivity index (χ0n) is 15.3. The first-order valence-electron chi connectivity index (χ1n) is 9.28. The van der Waals surface area contributed by atoms with Crippen LogP contribution in [0.15, 0.2) is 48.9 Å². The fourth-order valence-electron chi connectivity index (χ4n) is 3.38. The number of imidazole rings is 1. The molecule has 0 unspecified atom stereocenters. The van der Waals surface area contributed by atoms with Gasteiger partial charge in [-0.05, 0) is 24.6 Å². The van der Waals surface area contributed by atoms with Crippen LogP contribution in [0.5, 0.6) is 0 Å². The number of amides is 1. The first kappa shape index (κ1) is 17.5. The molecule has 0 bridgehead atoms. The minimum absolute atomic E-state index is 0.0889. The second-order valence-electron chi connectivity index (χ2n) is 6.54. The molecule has 1 N–H and O–H groups in total. The largest absolute Gasteiger partial charge is 0.378 e. The molecule has 140 valence electrons. The minimum Gasteiger partial charge on any atom is -0.378 e. The summed E-state index contributed by atoms with van der Waals surface area (Å²) in [5, 5.41) is 3.14. The predicted octanol–water partition coefficient (Wildman–Crippen LogP) is 2.45. The van der Waals surface area contributed by atoms with E-state index in [9.17, 15) is 4.79 Å². The average molecular weight is 365 g/mol. The summed E-state index contributed by atoms with van der Waals surface area (Å²) in [5.41, 5.74) is 2.44. The number of para-hydroxylation sites is 1. The molecule has 1 fully saturated rings. The van der Waals surface area contributed by atoms with Crippen molar-refractivity contribution >= 4 is 17.4 Å². The highest BCUT2D eigenvalue weighted by molar-refractivity contribution is 6.00. The first-order chi connectivity index (χ1) is 13.3. The number of ether oxygens (including phenoxy) is 1. The van der Waals surface area contributed by atoms with Crippen molar-refractivity contribution in [3.8, 4) is 0 Å². The number of nitrogens with zero attached hydrogens (tertiary/aromatic N) is 4. The second-order valence-corrected chi connectivity index (χ2v) is 6.54. The molecule has 2 aromatic heterocycles. The number of fused-ring (bicyclic) bond motifs is 1. The molecule has 27 heavy (non-hydrogen) atoms. The molecule has 0 aliphatic carbocycles. The molecule has 1 aromatic carbocycles. The Bertz CT molecular complexity index is 900. The number of morpholine rings is 1. The standard InChI is InChI=1S/C20H23N5O2/c1-2-16(17-14-25-9-5-8-21-20(25)23-17)22-19(26)15-6-3-4-7-18(15)24-10-12-27-13-11-24/h3-9,14,16H,2,10-13H2,1H3,(H,22,26)/t16-/m1/s1. The van der Waals surface area contributed by atoms with Crippen molar-refractivity contribution in [2.75, 3.05) is 31.2 Å². The highest BCUT2D eigenvalue weighted by atomic mass is 16.5. The van der Waals surface area contributed by atoms with Crippen molar-refractivity contribution in [1.82, 2.24) is 19.7 Å². The van der Waals surface area contributed by atoms with Crippen LogP contribution in [0.2, 0.25) is 0 Å². The molecule has 1 saturated heterocycles. The fourth-order valence-corrected chi connectivity index (χ4v) is 3.38. The zero-order valence-corrected chi connectivity index (χ0v) is 15.3. The maximum Gasteiger partial charge on any atom is 0.253 e. The van der Waals surface area contributed by atoms with Gasteiger partial charge in [0.2, 0.25) is 5.78 Å². The molecule has 0 spiro atoms. The molecule has 1 aliphatic heterocycles. The summed E-state index contributed by atoms with van der Waals surface area (Å²) >= 11 is 0. The van der Waals surface area contributed by atoms with Crippen molar-refractivity contribution in [3.63, 3.8) is 0 Å². The topological polar surface area (TPSA) is 71.8 Å². The summed E-state index contributed by atoms with van der Waals surface area (Å²) < 4.78 is 7.30. The fraction of sp³-hybridized carbons (Fsp3) is 0.350. The van der Waals surface area contributed by atoms with Crippen LogP contribution in [0.4, 0.5) is 5.69 Å². The molecule has 7 heteroatoms. The van der Waals surface area contributed by atoms with E-state index >= 15 is 0 Å². The van der Waals surface area contributed by atoms with Crippen LogP contribution >= 0.6 is 0 Å². The predicted molar refractivity (Wildman–Crippen MR) is 103 cm³/mol. The monoisotopic (exact) mass is 365 g/mol. The molecule has 3 aromatic rings. The van der Waals surface area contributed by atoms with Crippen LogP contribution in [0.25, 0.3) is 5.78 Å². The third kappa shape index (κ3) is 3.64. The van der Waals surface area contributed by atoms with Gasteiger partial charge in [0, 0.05) is 37.4 Å². The summed E-state index contributed by atoms with van der Waals surface area (Å²) in [6.07, 6.45) is 6.28. The van der Waals surface area contributed by atoms with Crippen LogP contribution < -0.4 is 10.2 Å². The molecule has 1 amide bonds. The van der Waals surface area contributed by atoms with Gasteiger partial charge in [-0.1, -0.05) is 19.1 Å². The van der Waals surface area contributed by atoms with Gasteiger partial charge in [0.25, 0.3) is 5.91 Å². The van der Waals surface area contributed by atoms with E-state index < -0.39 is 0 Å². The lowest BCUT2D eigenvalue weighted by atomic mass is 10.1. The maximum absolute atomic E-state index is 13.0. The Morgan fingerprint density at radius 3 is 2.85 bits per heavy atom. The Balaban J connectivity index is 1.57. The normalized spacial score (nSPS) is 15.7. The number of hydrogen-bond acceptors (Lipinski definition) is 5. The Kier molecular flexibility index (Phi) is 5.02. The molecule has 1 aliphatic rings. The van der Waals surface area contributed by atoms with Gasteiger partial charge in [0.05, 0.1) is 30.5 Å². The summed E-state index contributed by atoms with van der Waals surface area (Å²) in [4.78, 5) is 24.1. The number of anilines is 1. The van der Waals surface area contributed by atoms with E-state index in [-0.39, 0.29) is 11.9 Å². The van der Waals surface area contributed by atoms with Crippen LogP contribution in [0, 0.1) is 0 Å². The second kappa shape index (κ2) is 7.75. The quantitative estimate of drug-likeness (QED) is 0.752. The van der Waals surface area contributed by atoms with E-state index in [0.29, 0.717) is 24.6 Å². The van der Waals surface area contributed by atoms with Gasteiger partial charge in [-0.25, -0.2) is 9.97 Å². The molecule has 4 rings (SSSR count). The van der Waals surface area contributed by atoms with Gasteiger partial charge in [-0.3, -0.25) is 9.20 Å². The average Bonchev–Trinajstić information content (AvgIpc) is 3.16. The van der Waals surface area contributed by atoms with E-state index in [2.05, 4.69) is 20.2 Å². The molecular formula is C20H23N5O2. The van der Waals surface area contributed by atoms with Crippen LogP contribution in [0.3, 0.4) is 0 Å². The lowest BCUT2D eigenvalue weighted by molar-refractivity contribution is 0.0933. The summed E-state index contributed by atoms with van der Waals surface area (Å²) in [5.74, 6) is 0.544. The molecule has 1 atom stereocenters. The van der Waals surface area contributed by atoms with E-state index in [1.165, 1.54) is 0 Å². The maximum atomic E-state index is 13.0. The molecular weight excluding hydrogens is 342 g/mol. The van der Waals surface area contributed by atoms with Crippen LogP contribution in [0.1, 0.15) is 35.4 Å². The summed E-state index contributed by atoms with van der Waals surface area (Å²) in [7, 11) is 0. The van der Waals surface area contributed by atoms with Gasteiger partial charge in [0.1, 0.15) is 0 Å². The van der Waals surface area contributed by atoms with E-state index in [1.54, 1.807) is 6.20 Å². The zero-order chi connectivity index (χ0) is 18.6. The third-order valence-corrected chi connectivity index (χ3v) is 4.83. The Labute approximate surface area is 158 Å². The molecule has 7 nitrogen and oxygen atoms in total. The highest BCUT2D eigenvalue weighted by Crippen LogP contribution is 2.23. The lowest BCUT2D eigenvalue weighted by Gasteiger charge is -2.30. The molecule has 3 heterocycles. The smallest absolute Gasteiger partial charge is 0.253 e. The third-order valence-electron chi connectivity index (χ3n) is 4.83. The Morgan fingerprint density at radius 2 is 2.07 bits per heavy atom. The van der Waals surface area contributed by atoms with Crippen molar-refractivity contribution in [3.05, 3.63) is 60.2 Å². The van der Waals surface area contributed by atoms with Crippen LogP contribution in [-0.4, -0.2) is 46.6 Å². The first-order valence-corrected chi connectivity index (χ1v) is 9.28. The van der Waals surface area contributed by atoms with E-state index in [4.69, 9.17) is 4.74 Å². The molecule has 0 radical (unpaired) electrons. The summed E-state index contributed by atoms with van der Waals surface area (Å²) in [6, 6.07) is 9.42. The lowest BCUT2D eigenvalue weighted by Crippen LogP contribution is -2.38. The number of benzene rings is 1. The van der Waals surface area contributed by atoms with Crippen molar-refractivity contribution < 1.29 is 9.53 Å². The van der Waals surface area contributed by atoms with Gasteiger partial charge in [-0.2, -0.15) is 0 Å². The van der Waals surface area contributed by atoms with E-state index in [0.717, 1.165) is 30.9 Å². The minimum atomic E-state index is -0.169. The summed E-state index contributed by atoms with van der Waals surface area (Å²) in [6.45, 7) is 4.99. The number of aromatic nitrogens is 3. The van der Waals surface area contributed by atoms with E-state index in [1.807, 2.05) is 54.0 Å². The van der Waals surface area contributed by atoms with Gasteiger partial charge >= 0.3 is 0 Å². The number of nitrogens with one attached hydrogen (secondary N) is 1. The number of rotatable bonds is 5. The Morgan fingerprint density at radius 1 is 1.26 bits per heavy atom. The number of carbonyl (C=O) groups excluding carboxylic acids is 1. The number of carbonyl (C=O) groups is 1.